The molecule has 0 saturated carbocycles. The number of nitrogens with zero attached hydrogens (tertiary/aromatic N) is 1. The number of pyridine rings is 2. The monoisotopic (exact) mass is 411 g/mol. The molecule has 0 aliphatic carbocycles. The fourth-order valence-electron chi connectivity index (χ4n) is 2.63. The van der Waals surface area contributed by atoms with Crippen molar-refractivity contribution in [1.82, 2.24) is 15.3 Å². The van der Waals surface area contributed by atoms with Gasteiger partial charge in [0.2, 0.25) is 0 Å². The number of rotatable bonds is 6. The van der Waals surface area contributed by atoms with E-state index in [1.54, 1.807) is 17.5 Å². The van der Waals surface area contributed by atoms with Gasteiger partial charge in [-0.05, 0) is 43.2 Å². The average molecular weight is 412 g/mol. The van der Waals surface area contributed by atoms with Crippen molar-refractivity contribution in [2.45, 2.75) is 33.4 Å². The van der Waals surface area contributed by atoms with Crippen LogP contribution >= 0.6 is 36.2 Å². The Hall–Kier alpha value is -1.66. The molecule has 7 heteroatoms. The number of aryl methyl sites for hydroxylation is 2. The first-order chi connectivity index (χ1) is 11.7. The molecule has 2 N–H and O–H groups in total. The summed E-state index contributed by atoms with van der Waals surface area (Å²) in [6.07, 6.45) is 4.41. The Morgan fingerprint density at radius 1 is 1.19 bits per heavy atom. The Balaban J connectivity index is 0.00000169. The summed E-state index contributed by atoms with van der Waals surface area (Å²) in [4.78, 5) is 21.4. The second-order valence-corrected chi connectivity index (χ2v) is 6.92. The molecule has 0 amide bonds. The van der Waals surface area contributed by atoms with Gasteiger partial charge in [-0.1, -0.05) is 13.0 Å². The number of hydrogen-bond donors (Lipinski definition) is 2. The van der Waals surface area contributed by atoms with E-state index in [0.29, 0.717) is 0 Å². The second-order valence-electron chi connectivity index (χ2n) is 5.75. The highest BCUT2D eigenvalue weighted by molar-refractivity contribution is 7.15. The van der Waals surface area contributed by atoms with Crippen LogP contribution in [-0.2, 0) is 19.5 Å². The van der Waals surface area contributed by atoms with Crippen LogP contribution in [0.15, 0.2) is 47.5 Å². The van der Waals surface area contributed by atoms with Gasteiger partial charge >= 0.3 is 0 Å². The predicted molar refractivity (Wildman–Crippen MR) is 114 cm³/mol. The molecule has 0 atom stereocenters. The lowest BCUT2D eigenvalue weighted by atomic mass is 10.1. The van der Waals surface area contributed by atoms with Gasteiger partial charge in [-0.2, -0.15) is 0 Å². The summed E-state index contributed by atoms with van der Waals surface area (Å²) in [6.45, 7) is 5.59. The van der Waals surface area contributed by atoms with Gasteiger partial charge in [-0.15, -0.1) is 36.2 Å². The number of aromatic nitrogens is 2. The van der Waals surface area contributed by atoms with Crippen molar-refractivity contribution < 1.29 is 0 Å². The van der Waals surface area contributed by atoms with E-state index in [9.17, 15) is 4.79 Å². The van der Waals surface area contributed by atoms with Crippen molar-refractivity contribution in [3.05, 3.63) is 74.8 Å². The van der Waals surface area contributed by atoms with Crippen LogP contribution in [0.25, 0.3) is 10.4 Å². The molecule has 3 rings (SSSR count). The first-order valence-corrected chi connectivity index (χ1v) is 8.90. The summed E-state index contributed by atoms with van der Waals surface area (Å²) in [5.41, 5.74) is 4.08. The number of thiophene rings is 1. The maximum absolute atomic E-state index is 11.9. The van der Waals surface area contributed by atoms with Gasteiger partial charge in [-0.25, -0.2) is 0 Å². The van der Waals surface area contributed by atoms with Crippen LogP contribution < -0.4 is 10.9 Å². The smallest absolute Gasteiger partial charge is 0.251 e. The summed E-state index contributed by atoms with van der Waals surface area (Å²) >= 11 is 1.76. The maximum Gasteiger partial charge on any atom is 0.251 e. The third kappa shape index (κ3) is 5.42. The van der Waals surface area contributed by atoms with Gasteiger partial charge in [0.25, 0.3) is 5.56 Å². The third-order valence-corrected chi connectivity index (χ3v) is 5.09. The molecule has 0 spiro atoms. The summed E-state index contributed by atoms with van der Waals surface area (Å²) in [5.74, 6) is 0. The summed E-state index contributed by atoms with van der Waals surface area (Å²) in [6, 6.07) is 10.3. The molecule has 3 aromatic heterocycles. The van der Waals surface area contributed by atoms with E-state index in [1.165, 1.54) is 15.3 Å². The number of H-pyrrole nitrogens is 1. The zero-order valence-corrected chi connectivity index (χ0v) is 17.2. The molecule has 4 nitrogen and oxygen atoms in total. The minimum atomic E-state index is 0. The lowest BCUT2D eigenvalue weighted by molar-refractivity contribution is 0.699. The van der Waals surface area contributed by atoms with Crippen LogP contribution in [0.4, 0.5) is 0 Å². The molecule has 3 aromatic rings. The van der Waals surface area contributed by atoms with Gasteiger partial charge in [0.15, 0.2) is 0 Å². The first kappa shape index (κ1) is 22.4. The van der Waals surface area contributed by atoms with Crippen molar-refractivity contribution in [2.24, 2.45) is 0 Å². The molecule has 0 bridgehead atoms. The van der Waals surface area contributed by atoms with E-state index in [-0.39, 0.29) is 30.4 Å². The van der Waals surface area contributed by atoms with E-state index >= 15 is 0 Å². The molecule has 0 aliphatic rings. The van der Waals surface area contributed by atoms with Crippen LogP contribution in [0, 0.1) is 6.92 Å². The van der Waals surface area contributed by atoms with E-state index < -0.39 is 0 Å². The summed E-state index contributed by atoms with van der Waals surface area (Å²) in [5, 5.41) is 3.44. The van der Waals surface area contributed by atoms with E-state index in [4.69, 9.17) is 0 Å². The standard InChI is InChI=1S/C19H21N3OS.2ClH/c1-3-15-9-17(13(2)22-19(15)23)18-7-6-16(24-18)12-21-11-14-5-4-8-20-10-14;;/h4-10,21H,3,11-12H2,1-2H3,(H,22,23);2*1H. The molecule has 0 radical (unpaired) electrons. The first-order valence-electron chi connectivity index (χ1n) is 8.09. The topological polar surface area (TPSA) is 57.8 Å². The third-order valence-electron chi connectivity index (χ3n) is 3.97. The number of nitrogens with one attached hydrogen (secondary N) is 2. The van der Waals surface area contributed by atoms with Gasteiger partial charge in [0.05, 0.1) is 0 Å². The maximum atomic E-state index is 11.9. The quantitative estimate of drug-likeness (QED) is 0.627. The SMILES string of the molecule is CCc1cc(-c2ccc(CNCc3cccnc3)s2)c(C)[nH]c1=O.Cl.Cl. The fraction of sp³-hybridized carbons (Fsp3) is 0.263. The molecule has 0 fully saturated rings. The van der Waals surface area contributed by atoms with E-state index in [1.807, 2.05) is 32.2 Å². The molecule has 0 aliphatic heterocycles. The van der Waals surface area contributed by atoms with Gasteiger partial charge in [-0.3, -0.25) is 9.78 Å². The lowest BCUT2D eigenvalue weighted by Gasteiger charge is -2.06. The highest BCUT2D eigenvalue weighted by Crippen LogP contribution is 2.30. The van der Waals surface area contributed by atoms with E-state index in [0.717, 1.165) is 36.3 Å². The average Bonchev–Trinajstić information content (AvgIpc) is 3.04. The zero-order valence-electron chi connectivity index (χ0n) is 14.7. The van der Waals surface area contributed by atoms with Crippen molar-refractivity contribution in [1.29, 1.82) is 0 Å². The molecule has 0 saturated heterocycles. The van der Waals surface area contributed by atoms with Gasteiger partial charge in [0.1, 0.15) is 0 Å². The van der Waals surface area contributed by atoms with Crippen molar-refractivity contribution in [3.63, 3.8) is 0 Å². The van der Waals surface area contributed by atoms with Crippen LogP contribution in [0.3, 0.4) is 0 Å². The van der Waals surface area contributed by atoms with Gasteiger partial charge in [0, 0.05) is 52.1 Å². The van der Waals surface area contributed by atoms with Crippen LogP contribution in [0.5, 0.6) is 0 Å². The summed E-state index contributed by atoms with van der Waals surface area (Å²) < 4.78 is 0. The van der Waals surface area contributed by atoms with Crippen molar-refractivity contribution >= 4 is 36.2 Å². The highest BCUT2D eigenvalue weighted by Gasteiger charge is 2.09. The van der Waals surface area contributed by atoms with Crippen molar-refractivity contribution in [2.75, 3.05) is 0 Å². The zero-order chi connectivity index (χ0) is 16.9. The second kappa shape index (κ2) is 10.5. The minimum Gasteiger partial charge on any atom is -0.326 e. The number of halogens is 2. The molecular weight excluding hydrogens is 389 g/mol. The number of hydrogen-bond acceptors (Lipinski definition) is 4. The Morgan fingerprint density at radius 3 is 2.69 bits per heavy atom. The lowest BCUT2D eigenvalue weighted by Crippen LogP contribution is -2.13. The van der Waals surface area contributed by atoms with Crippen LogP contribution in [0.1, 0.15) is 28.6 Å². The predicted octanol–water partition coefficient (Wildman–Crippen LogP) is 4.50. The fourth-order valence-corrected chi connectivity index (χ4v) is 3.69. The van der Waals surface area contributed by atoms with Crippen LogP contribution in [0.2, 0.25) is 0 Å². The van der Waals surface area contributed by atoms with Crippen molar-refractivity contribution in [3.8, 4) is 10.4 Å². The Kier molecular flexibility index (Phi) is 9.02. The molecule has 140 valence electrons. The number of aromatic amines is 1. The molecule has 0 unspecified atom stereocenters. The summed E-state index contributed by atoms with van der Waals surface area (Å²) in [7, 11) is 0. The largest absolute Gasteiger partial charge is 0.326 e. The molecular formula is C19H23Cl2N3OS. The van der Waals surface area contributed by atoms with Crippen LogP contribution in [-0.4, -0.2) is 9.97 Å². The Bertz CT molecular complexity index is 878. The highest BCUT2D eigenvalue weighted by atomic mass is 35.5. The minimum absolute atomic E-state index is 0. The molecule has 0 aromatic carbocycles. The molecule has 3 heterocycles. The molecule has 26 heavy (non-hydrogen) atoms. The normalized spacial score (nSPS) is 10.1. The Labute approximate surface area is 169 Å². The van der Waals surface area contributed by atoms with Gasteiger partial charge < -0.3 is 10.3 Å². The van der Waals surface area contributed by atoms with E-state index in [2.05, 4.69) is 33.5 Å². The Morgan fingerprint density at radius 2 is 2.00 bits per heavy atom.